The quantitative estimate of drug-likeness (QED) is 0.696. The van der Waals surface area contributed by atoms with Crippen LogP contribution in [0.1, 0.15) is 12.1 Å². The third-order valence-electron chi connectivity index (χ3n) is 2.07. The van der Waals surface area contributed by atoms with Crippen molar-refractivity contribution in [1.29, 1.82) is 0 Å². The molecule has 2 N–H and O–H groups in total. The fourth-order valence-corrected chi connectivity index (χ4v) is 2.97. The lowest BCUT2D eigenvalue weighted by molar-refractivity contribution is 0.261. The Morgan fingerprint density at radius 2 is 2.28 bits per heavy atom. The lowest BCUT2D eigenvalue weighted by Gasteiger charge is -2.10. The van der Waals surface area contributed by atoms with Crippen LogP contribution in [0.4, 0.5) is 0 Å². The average molecular weight is 293 g/mol. The van der Waals surface area contributed by atoms with Gasteiger partial charge < -0.3 is 9.42 Å². The number of hydrogen-bond donors (Lipinski definition) is 2. The fourth-order valence-electron chi connectivity index (χ4n) is 1.23. The molecule has 0 aliphatic rings. The molecule has 1 heterocycles. The third kappa shape index (κ3) is 6.89. The van der Waals surface area contributed by atoms with Crippen molar-refractivity contribution in [2.24, 2.45) is 0 Å². The maximum atomic E-state index is 11.5. The van der Waals surface area contributed by atoms with Gasteiger partial charge >= 0.3 is 15.6 Å². The van der Waals surface area contributed by atoms with Gasteiger partial charge in [-0.2, -0.15) is 15.1 Å². The van der Waals surface area contributed by atoms with E-state index in [4.69, 9.17) is 9.42 Å². The maximum absolute atomic E-state index is 11.5. The molecule has 100 valence electrons. The van der Waals surface area contributed by atoms with Gasteiger partial charge in [-0.1, -0.05) is 0 Å². The van der Waals surface area contributed by atoms with E-state index in [9.17, 15) is 14.0 Å². The van der Waals surface area contributed by atoms with Crippen LogP contribution >= 0.6 is 15.6 Å². The van der Waals surface area contributed by atoms with E-state index in [1.807, 2.05) is 0 Å². The second-order valence-corrected chi connectivity index (χ2v) is 6.72. The minimum atomic E-state index is -3.67. The topological polar surface area (TPSA) is 110 Å². The normalized spacial score (nSPS) is 15.1. The number of nitrogens with zero attached hydrogens (tertiary/aromatic N) is 2. The van der Waals surface area contributed by atoms with E-state index in [2.05, 4.69) is 10.2 Å². The Hall–Kier alpha value is -0.710. The summed E-state index contributed by atoms with van der Waals surface area (Å²) >= 11 is 0. The molecule has 1 aromatic heterocycles. The highest BCUT2D eigenvalue weighted by molar-refractivity contribution is 7.52. The molecular formula is C9H15N2O5P2+. The number of aromatic nitrogens is 2. The molecule has 0 amide bonds. The molecule has 0 bridgehead atoms. The Balaban J connectivity index is 2.25. The van der Waals surface area contributed by atoms with Crippen molar-refractivity contribution in [2.75, 3.05) is 18.9 Å². The third-order valence-corrected chi connectivity index (χ3v) is 4.24. The predicted octanol–water partition coefficient (Wildman–Crippen LogP) is 1.35. The van der Waals surface area contributed by atoms with Gasteiger partial charge in [0.15, 0.2) is 6.16 Å². The first kappa shape index (κ1) is 15.3. The van der Waals surface area contributed by atoms with Crippen LogP contribution in [0.15, 0.2) is 18.3 Å². The summed E-state index contributed by atoms with van der Waals surface area (Å²) < 4.78 is 26.8. The molecule has 2 unspecified atom stereocenters. The summed E-state index contributed by atoms with van der Waals surface area (Å²) in [6, 6.07) is 3.47. The monoisotopic (exact) mass is 293 g/mol. The molecule has 1 aromatic rings. The molecule has 0 radical (unpaired) electrons. The number of hydrogen-bond acceptors (Lipinski definition) is 5. The van der Waals surface area contributed by atoms with Crippen LogP contribution in [-0.4, -0.2) is 38.9 Å². The first-order valence-corrected chi connectivity index (χ1v) is 8.52. The van der Waals surface area contributed by atoms with Gasteiger partial charge in [-0.25, -0.2) is 0 Å². The first-order chi connectivity index (χ1) is 8.49. The Morgan fingerprint density at radius 1 is 1.50 bits per heavy atom. The Bertz CT molecular complexity index is 428. The molecule has 0 saturated heterocycles. The van der Waals surface area contributed by atoms with Crippen LogP contribution in [-0.2, 0) is 20.1 Å². The molecule has 0 fully saturated rings. The summed E-state index contributed by atoms with van der Waals surface area (Å²) in [4.78, 5) is 18.0. The highest BCUT2D eigenvalue weighted by Crippen LogP contribution is 2.43. The van der Waals surface area contributed by atoms with Gasteiger partial charge in [0.1, 0.15) is 0 Å². The molecular weight excluding hydrogens is 278 g/mol. The minimum Gasteiger partial charge on any atom is -0.324 e. The lowest BCUT2D eigenvalue weighted by atomic mass is 10.3. The van der Waals surface area contributed by atoms with Crippen LogP contribution in [0.5, 0.6) is 0 Å². The largest absolute Gasteiger partial charge is 0.505 e. The highest BCUT2D eigenvalue weighted by atomic mass is 31.2. The molecule has 0 aliphatic heterocycles. The standard InChI is InChI=1S/C9H14N2O5P2/c12-17(13)7-2-8-18(14,15)16-6-4-9-3-1-5-10-11-9/h1,3,5H,2,4,6-8H2,(H-,12,13,14,15)/p+1. The Morgan fingerprint density at radius 3 is 2.89 bits per heavy atom. The van der Waals surface area contributed by atoms with Crippen LogP contribution in [0, 0.1) is 0 Å². The van der Waals surface area contributed by atoms with Crippen molar-refractivity contribution in [3.63, 3.8) is 0 Å². The average Bonchev–Trinajstić information content (AvgIpc) is 2.29. The summed E-state index contributed by atoms with van der Waals surface area (Å²) in [5.74, 6) is 0. The van der Waals surface area contributed by atoms with Crippen molar-refractivity contribution in [3.05, 3.63) is 24.0 Å². The summed E-state index contributed by atoms with van der Waals surface area (Å²) in [6.07, 6.45) is 2.01. The maximum Gasteiger partial charge on any atom is 0.505 e. The van der Waals surface area contributed by atoms with Gasteiger partial charge in [-0.15, -0.1) is 0 Å². The van der Waals surface area contributed by atoms with Crippen molar-refractivity contribution >= 4 is 15.6 Å². The summed E-state index contributed by atoms with van der Waals surface area (Å²) in [7, 11) is -5.93. The van der Waals surface area contributed by atoms with Crippen molar-refractivity contribution in [2.45, 2.75) is 12.8 Å². The van der Waals surface area contributed by atoms with E-state index in [0.717, 1.165) is 0 Å². The predicted molar refractivity (Wildman–Crippen MR) is 65.7 cm³/mol. The molecule has 0 saturated carbocycles. The summed E-state index contributed by atoms with van der Waals surface area (Å²) in [5.41, 5.74) is 0.677. The molecule has 2 atom stereocenters. The molecule has 9 heteroatoms. The SMILES string of the molecule is O=[P+](O)CCCP(=O)(O)OCCc1cccnn1. The van der Waals surface area contributed by atoms with E-state index in [1.54, 1.807) is 12.1 Å². The van der Waals surface area contributed by atoms with Crippen LogP contribution < -0.4 is 0 Å². The molecule has 0 aromatic carbocycles. The zero-order valence-electron chi connectivity index (χ0n) is 9.68. The fraction of sp³-hybridized carbons (Fsp3) is 0.556. The summed E-state index contributed by atoms with van der Waals surface area (Å²) in [6.45, 7) is 0.0672. The molecule has 0 spiro atoms. The van der Waals surface area contributed by atoms with Gasteiger partial charge in [0.25, 0.3) is 0 Å². The van der Waals surface area contributed by atoms with Gasteiger partial charge in [0.05, 0.1) is 18.5 Å². The van der Waals surface area contributed by atoms with Gasteiger partial charge in [-0.3, -0.25) is 4.57 Å². The Kier molecular flexibility index (Phi) is 6.54. The van der Waals surface area contributed by atoms with Crippen LogP contribution in [0.2, 0.25) is 0 Å². The second-order valence-electron chi connectivity index (χ2n) is 3.59. The molecule has 0 aliphatic carbocycles. The van der Waals surface area contributed by atoms with Crippen molar-refractivity contribution in [3.8, 4) is 0 Å². The second kappa shape index (κ2) is 7.67. The molecule has 1 rings (SSSR count). The molecule has 7 nitrogen and oxygen atoms in total. The first-order valence-electron chi connectivity index (χ1n) is 5.36. The van der Waals surface area contributed by atoms with Crippen LogP contribution in [0.25, 0.3) is 0 Å². The van der Waals surface area contributed by atoms with E-state index in [0.29, 0.717) is 12.1 Å². The van der Waals surface area contributed by atoms with Crippen LogP contribution in [0.3, 0.4) is 0 Å². The molecule has 18 heavy (non-hydrogen) atoms. The van der Waals surface area contributed by atoms with E-state index < -0.39 is 15.6 Å². The zero-order chi connectivity index (χ0) is 13.4. The highest BCUT2D eigenvalue weighted by Gasteiger charge is 2.21. The van der Waals surface area contributed by atoms with E-state index in [1.165, 1.54) is 6.20 Å². The van der Waals surface area contributed by atoms with Crippen molar-refractivity contribution in [1.82, 2.24) is 10.2 Å². The Labute approximate surface area is 106 Å². The number of rotatable bonds is 8. The van der Waals surface area contributed by atoms with Crippen molar-refractivity contribution < 1.29 is 23.4 Å². The van der Waals surface area contributed by atoms with Gasteiger partial charge in [0.2, 0.25) is 0 Å². The lowest BCUT2D eigenvalue weighted by Crippen LogP contribution is -2.02. The van der Waals surface area contributed by atoms with E-state index >= 15 is 0 Å². The summed E-state index contributed by atoms with van der Waals surface area (Å²) in [5, 5.41) is 7.48. The van der Waals surface area contributed by atoms with Gasteiger partial charge in [0, 0.05) is 19.0 Å². The smallest absolute Gasteiger partial charge is 0.324 e. The van der Waals surface area contributed by atoms with E-state index in [-0.39, 0.29) is 25.4 Å². The minimum absolute atomic E-state index is 0.00735. The zero-order valence-corrected chi connectivity index (χ0v) is 11.5. The van der Waals surface area contributed by atoms with Gasteiger partial charge in [-0.05, 0) is 16.7 Å².